The van der Waals surface area contributed by atoms with Crippen LogP contribution in [-0.4, -0.2) is 16.8 Å². The number of halogens is 1. The Morgan fingerprint density at radius 2 is 1.60 bits per heavy atom. The molecule has 0 saturated heterocycles. The number of fused-ring (bicyclic) bond motifs is 1. The summed E-state index contributed by atoms with van der Waals surface area (Å²) in [7, 11) is 0. The molecule has 1 heterocycles. The lowest BCUT2D eigenvalue weighted by Gasteiger charge is -2.29. The van der Waals surface area contributed by atoms with Crippen molar-refractivity contribution < 1.29 is 14.7 Å². The Bertz CT molecular complexity index is 1180. The van der Waals surface area contributed by atoms with Gasteiger partial charge in [-0.15, -0.1) is 0 Å². The SMILES string of the molecule is CC(C)(C)C(=O)C1=C(O)C(=O)N(c2ccc(Cl)cc2)C1c1cccc2ccccc12. The Morgan fingerprint density at radius 1 is 0.967 bits per heavy atom. The van der Waals surface area contributed by atoms with Crippen LogP contribution in [0.3, 0.4) is 0 Å². The van der Waals surface area contributed by atoms with Crippen LogP contribution in [-0.2, 0) is 9.59 Å². The zero-order valence-corrected chi connectivity index (χ0v) is 17.8. The van der Waals surface area contributed by atoms with Crippen LogP contribution >= 0.6 is 11.6 Å². The van der Waals surface area contributed by atoms with Crippen LogP contribution in [0.15, 0.2) is 78.1 Å². The van der Waals surface area contributed by atoms with Gasteiger partial charge in [0.15, 0.2) is 11.5 Å². The van der Waals surface area contributed by atoms with Crippen LogP contribution < -0.4 is 4.90 Å². The molecule has 3 aromatic rings. The first kappa shape index (κ1) is 20.2. The predicted octanol–water partition coefficient (Wildman–Crippen LogP) is 6.01. The fourth-order valence-electron chi connectivity index (χ4n) is 3.89. The van der Waals surface area contributed by atoms with Gasteiger partial charge in [-0.05, 0) is 40.6 Å². The van der Waals surface area contributed by atoms with Crippen LogP contribution in [0, 0.1) is 5.41 Å². The monoisotopic (exact) mass is 419 g/mol. The van der Waals surface area contributed by atoms with Gasteiger partial charge in [0.1, 0.15) is 0 Å². The molecule has 30 heavy (non-hydrogen) atoms. The number of carbonyl (C=O) groups is 2. The van der Waals surface area contributed by atoms with Crippen LogP contribution in [0.2, 0.25) is 5.02 Å². The first-order chi connectivity index (χ1) is 14.2. The van der Waals surface area contributed by atoms with E-state index >= 15 is 0 Å². The zero-order chi connectivity index (χ0) is 21.6. The van der Waals surface area contributed by atoms with Crippen molar-refractivity contribution in [3.05, 3.63) is 88.6 Å². The molecule has 3 aromatic carbocycles. The molecule has 1 amide bonds. The third-order valence-electron chi connectivity index (χ3n) is 5.36. The van der Waals surface area contributed by atoms with Gasteiger partial charge in [-0.3, -0.25) is 14.5 Å². The Balaban J connectivity index is 1.99. The second kappa shape index (κ2) is 7.29. The molecule has 0 saturated carbocycles. The summed E-state index contributed by atoms with van der Waals surface area (Å²) in [5.41, 5.74) is 0.708. The number of anilines is 1. The Hall–Kier alpha value is -3.11. The molecule has 4 rings (SSSR count). The lowest BCUT2D eigenvalue weighted by atomic mass is 9.81. The van der Waals surface area contributed by atoms with Crippen LogP contribution in [0.1, 0.15) is 32.4 Å². The third kappa shape index (κ3) is 3.27. The first-order valence-electron chi connectivity index (χ1n) is 9.75. The topological polar surface area (TPSA) is 57.6 Å². The van der Waals surface area contributed by atoms with Crippen molar-refractivity contribution in [2.75, 3.05) is 4.90 Å². The van der Waals surface area contributed by atoms with Crippen molar-refractivity contribution in [2.24, 2.45) is 5.41 Å². The second-order valence-corrected chi connectivity index (χ2v) is 8.90. The highest BCUT2D eigenvalue weighted by Gasteiger charge is 2.47. The van der Waals surface area contributed by atoms with Gasteiger partial charge in [0.05, 0.1) is 11.6 Å². The van der Waals surface area contributed by atoms with E-state index in [0.717, 1.165) is 16.3 Å². The first-order valence-corrected chi connectivity index (χ1v) is 10.1. The number of aliphatic hydroxyl groups is 1. The van der Waals surface area contributed by atoms with Gasteiger partial charge < -0.3 is 5.11 Å². The van der Waals surface area contributed by atoms with Gasteiger partial charge in [0.25, 0.3) is 5.91 Å². The van der Waals surface area contributed by atoms with Crippen molar-refractivity contribution in [3.63, 3.8) is 0 Å². The van der Waals surface area contributed by atoms with E-state index in [4.69, 9.17) is 11.6 Å². The van der Waals surface area contributed by atoms with Gasteiger partial charge in [-0.1, -0.05) is 74.8 Å². The number of hydrogen-bond donors (Lipinski definition) is 1. The minimum atomic E-state index is -0.761. The summed E-state index contributed by atoms with van der Waals surface area (Å²) in [4.78, 5) is 28.0. The molecule has 1 aliphatic rings. The largest absolute Gasteiger partial charge is 0.503 e. The van der Waals surface area contributed by atoms with E-state index in [1.807, 2.05) is 42.5 Å². The number of hydrogen-bond acceptors (Lipinski definition) is 3. The average Bonchev–Trinajstić information content (AvgIpc) is 2.97. The number of carbonyl (C=O) groups excluding carboxylic acids is 2. The maximum Gasteiger partial charge on any atom is 0.294 e. The van der Waals surface area contributed by atoms with Gasteiger partial charge in [0, 0.05) is 16.1 Å². The molecule has 0 bridgehead atoms. The van der Waals surface area contributed by atoms with Crippen molar-refractivity contribution in [3.8, 4) is 0 Å². The highest BCUT2D eigenvalue weighted by molar-refractivity contribution is 6.30. The number of benzene rings is 3. The Morgan fingerprint density at radius 3 is 2.27 bits per heavy atom. The minimum Gasteiger partial charge on any atom is -0.503 e. The highest BCUT2D eigenvalue weighted by atomic mass is 35.5. The molecule has 0 fully saturated rings. The predicted molar refractivity (Wildman–Crippen MR) is 120 cm³/mol. The Labute approximate surface area is 180 Å². The maximum atomic E-state index is 13.4. The number of ketones is 1. The number of rotatable bonds is 3. The fraction of sp³-hybridized carbons (Fsp3) is 0.200. The molecule has 0 aliphatic carbocycles. The van der Waals surface area contributed by atoms with Crippen LogP contribution in [0.25, 0.3) is 10.8 Å². The standard InChI is InChI=1S/C25H22ClNO3/c1-25(2,3)23(29)20-21(19-10-6-8-15-7-4-5-9-18(15)19)27(24(30)22(20)28)17-13-11-16(26)12-14-17/h4-14,21,28H,1-3H3. The molecule has 1 unspecified atom stereocenters. The van der Waals surface area contributed by atoms with E-state index in [1.54, 1.807) is 45.0 Å². The minimum absolute atomic E-state index is 0.124. The molecule has 0 radical (unpaired) electrons. The summed E-state index contributed by atoms with van der Waals surface area (Å²) in [6, 6.07) is 19.7. The van der Waals surface area contributed by atoms with E-state index < -0.39 is 23.1 Å². The molecular formula is C25H22ClNO3. The van der Waals surface area contributed by atoms with Crippen LogP contribution in [0.5, 0.6) is 0 Å². The summed E-state index contributed by atoms with van der Waals surface area (Å²) >= 11 is 6.04. The molecule has 4 nitrogen and oxygen atoms in total. The molecule has 0 spiro atoms. The molecule has 152 valence electrons. The van der Waals surface area contributed by atoms with E-state index in [-0.39, 0.29) is 11.4 Å². The van der Waals surface area contributed by atoms with Crippen molar-refractivity contribution >= 4 is 39.8 Å². The van der Waals surface area contributed by atoms with Crippen molar-refractivity contribution in [1.29, 1.82) is 0 Å². The summed E-state index contributed by atoms with van der Waals surface area (Å²) in [6.07, 6.45) is 0. The molecule has 5 heteroatoms. The van der Waals surface area contributed by atoms with Gasteiger partial charge in [-0.25, -0.2) is 0 Å². The average molecular weight is 420 g/mol. The summed E-state index contributed by atoms with van der Waals surface area (Å²) in [5.74, 6) is -1.35. The Kier molecular flexibility index (Phi) is 4.91. The van der Waals surface area contributed by atoms with E-state index in [0.29, 0.717) is 10.7 Å². The summed E-state index contributed by atoms with van der Waals surface area (Å²) < 4.78 is 0. The molecule has 1 aliphatic heterocycles. The third-order valence-corrected chi connectivity index (χ3v) is 5.61. The van der Waals surface area contributed by atoms with E-state index in [1.165, 1.54) is 4.90 Å². The quantitative estimate of drug-likeness (QED) is 0.565. The van der Waals surface area contributed by atoms with Crippen molar-refractivity contribution in [2.45, 2.75) is 26.8 Å². The molecular weight excluding hydrogens is 398 g/mol. The second-order valence-electron chi connectivity index (χ2n) is 8.46. The van der Waals surface area contributed by atoms with Gasteiger partial charge in [0.2, 0.25) is 0 Å². The van der Waals surface area contributed by atoms with Crippen molar-refractivity contribution in [1.82, 2.24) is 0 Å². The summed E-state index contributed by atoms with van der Waals surface area (Å²) in [5, 5.41) is 13.3. The molecule has 1 atom stereocenters. The smallest absolute Gasteiger partial charge is 0.294 e. The van der Waals surface area contributed by atoms with Gasteiger partial charge >= 0.3 is 0 Å². The summed E-state index contributed by atoms with van der Waals surface area (Å²) in [6.45, 7) is 5.35. The van der Waals surface area contributed by atoms with E-state index in [9.17, 15) is 14.7 Å². The maximum absolute atomic E-state index is 13.4. The van der Waals surface area contributed by atoms with Gasteiger partial charge in [-0.2, -0.15) is 0 Å². The number of aliphatic hydroxyl groups excluding tert-OH is 1. The normalized spacial score (nSPS) is 17.1. The molecule has 0 aromatic heterocycles. The fourth-order valence-corrected chi connectivity index (χ4v) is 4.02. The zero-order valence-electron chi connectivity index (χ0n) is 17.0. The highest BCUT2D eigenvalue weighted by Crippen LogP contribution is 2.45. The lowest BCUT2D eigenvalue weighted by molar-refractivity contribution is -0.123. The van der Waals surface area contributed by atoms with E-state index in [2.05, 4.69) is 0 Å². The number of Topliss-reactive ketones (excluding diaryl/α,β-unsaturated/α-hetero) is 1. The number of amides is 1. The lowest BCUT2D eigenvalue weighted by Crippen LogP contribution is -2.32. The van der Waals surface area contributed by atoms with Crippen LogP contribution in [0.4, 0.5) is 5.69 Å². The number of nitrogens with zero attached hydrogens (tertiary/aromatic N) is 1. The molecule has 1 N–H and O–H groups in total.